The Kier molecular flexibility index (Phi) is 5.55. The molecule has 27 heavy (non-hydrogen) atoms. The SMILES string of the molecule is Cc1cc(C)nc(Nc2nc(C(=O)Nc3cccc(OC(F)F)c3)cs2)n1. The number of nitrogens with zero attached hydrogens (tertiary/aromatic N) is 3. The number of rotatable bonds is 6. The Morgan fingerprint density at radius 3 is 2.59 bits per heavy atom. The van der Waals surface area contributed by atoms with Crippen molar-refractivity contribution in [3.05, 3.63) is 52.8 Å². The molecule has 2 aromatic heterocycles. The third kappa shape index (κ3) is 5.17. The average molecular weight is 391 g/mol. The van der Waals surface area contributed by atoms with Gasteiger partial charge in [0.25, 0.3) is 5.91 Å². The lowest BCUT2D eigenvalue weighted by Crippen LogP contribution is -2.12. The molecule has 0 fully saturated rings. The molecule has 0 unspecified atom stereocenters. The van der Waals surface area contributed by atoms with Crippen LogP contribution in [0.15, 0.2) is 35.7 Å². The van der Waals surface area contributed by atoms with E-state index in [1.807, 2.05) is 19.9 Å². The number of carbonyl (C=O) groups excluding carboxylic acids is 1. The number of halogens is 2. The molecule has 0 saturated heterocycles. The molecule has 10 heteroatoms. The summed E-state index contributed by atoms with van der Waals surface area (Å²) in [7, 11) is 0. The first-order valence-electron chi connectivity index (χ1n) is 7.80. The van der Waals surface area contributed by atoms with Gasteiger partial charge in [0.2, 0.25) is 5.95 Å². The Labute approximate surface area is 157 Å². The maximum absolute atomic E-state index is 12.3. The monoisotopic (exact) mass is 391 g/mol. The fourth-order valence-corrected chi connectivity index (χ4v) is 2.94. The Balaban J connectivity index is 1.68. The molecule has 0 aliphatic heterocycles. The maximum Gasteiger partial charge on any atom is 0.387 e. The summed E-state index contributed by atoms with van der Waals surface area (Å²) in [4.78, 5) is 25.0. The number of ether oxygens (including phenoxy) is 1. The number of anilines is 3. The highest BCUT2D eigenvalue weighted by atomic mass is 32.1. The predicted molar refractivity (Wildman–Crippen MR) is 97.9 cm³/mol. The third-order valence-corrected chi connectivity index (χ3v) is 4.01. The van der Waals surface area contributed by atoms with Crippen LogP contribution in [0.1, 0.15) is 21.9 Å². The van der Waals surface area contributed by atoms with Crippen LogP contribution in [0.4, 0.5) is 25.5 Å². The first-order valence-corrected chi connectivity index (χ1v) is 8.68. The lowest BCUT2D eigenvalue weighted by molar-refractivity contribution is -0.0497. The molecule has 7 nitrogen and oxygen atoms in total. The molecular weight excluding hydrogens is 376 g/mol. The number of nitrogens with one attached hydrogen (secondary N) is 2. The topological polar surface area (TPSA) is 89.0 Å². The van der Waals surface area contributed by atoms with Crippen molar-refractivity contribution in [3.8, 4) is 5.75 Å². The second-order valence-corrected chi connectivity index (χ2v) is 6.36. The van der Waals surface area contributed by atoms with Gasteiger partial charge in [0.1, 0.15) is 11.4 Å². The molecule has 2 N–H and O–H groups in total. The summed E-state index contributed by atoms with van der Waals surface area (Å²) in [5.41, 5.74) is 2.11. The minimum absolute atomic E-state index is 0.0459. The van der Waals surface area contributed by atoms with Crippen LogP contribution in [-0.4, -0.2) is 27.5 Å². The normalized spacial score (nSPS) is 10.7. The van der Waals surface area contributed by atoms with Crippen LogP contribution in [0, 0.1) is 13.8 Å². The summed E-state index contributed by atoms with van der Waals surface area (Å²) in [6.07, 6.45) is 0. The van der Waals surface area contributed by atoms with Gasteiger partial charge in [0.15, 0.2) is 5.13 Å². The van der Waals surface area contributed by atoms with Crippen molar-refractivity contribution < 1.29 is 18.3 Å². The molecular formula is C17H15F2N5O2S. The van der Waals surface area contributed by atoms with E-state index in [1.54, 1.807) is 11.4 Å². The number of benzene rings is 1. The summed E-state index contributed by atoms with van der Waals surface area (Å²) >= 11 is 1.22. The highest BCUT2D eigenvalue weighted by Crippen LogP contribution is 2.22. The number of hydrogen-bond donors (Lipinski definition) is 2. The quantitative estimate of drug-likeness (QED) is 0.656. The van der Waals surface area contributed by atoms with E-state index in [4.69, 9.17) is 0 Å². The molecule has 3 aromatic rings. The first kappa shape index (κ1) is 18.6. The minimum Gasteiger partial charge on any atom is -0.435 e. The van der Waals surface area contributed by atoms with Gasteiger partial charge in [-0.05, 0) is 32.0 Å². The summed E-state index contributed by atoms with van der Waals surface area (Å²) < 4.78 is 28.9. The van der Waals surface area contributed by atoms with Gasteiger partial charge < -0.3 is 15.4 Å². The van der Waals surface area contributed by atoms with E-state index in [0.29, 0.717) is 16.8 Å². The van der Waals surface area contributed by atoms with Crippen molar-refractivity contribution >= 4 is 34.0 Å². The van der Waals surface area contributed by atoms with Crippen molar-refractivity contribution in [2.24, 2.45) is 0 Å². The van der Waals surface area contributed by atoms with Gasteiger partial charge in [-0.1, -0.05) is 6.07 Å². The van der Waals surface area contributed by atoms with Crippen molar-refractivity contribution in [2.75, 3.05) is 10.6 Å². The summed E-state index contributed by atoms with van der Waals surface area (Å²) in [5.74, 6) is -0.129. The number of amides is 1. The third-order valence-electron chi connectivity index (χ3n) is 3.25. The zero-order chi connectivity index (χ0) is 19.4. The minimum atomic E-state index is -2.93. The van der Waals surface area contributed by atoms with E-state index in [9.17, 15) is 13.6 Å². The lowest BCUT2D eigenvalue weighted by Gasteiger charge is -2.07. The summed E-state index contributed by atoms with van der Waals surface area (Å²) in [5, 5.41) is 7.57. The number of alkyl halides is 2. The second-order valence-electron chi connectivity index (χ2n) is 5.50. The second kappa shape index (κ2) is 8.04. The smallest absolute Gasteiger partial charge is 0.387 e. The number of aromatic nitrogens is 3. The van der Waals surface area contributed by atoms with Crippen molar-refractivity contribution in [1.29, 1.82) is 0 Å². The molecule has 0 atom stereocenters. The van der Waals surface area contributed by atoms with E-state index in [2.05, 4.69) is 30.3 Å². The van der Waals surface area contributed by atoms with E-state index in [0.717, 1.165) is 11.4 Å². The van der Waals surface area contributed by atoms with Crippen LogP contribution in [0.25, 0.3) is 0 Å². The number of aryl methyl sites for hydroxylation is 2. The molecule has 0 aliphatic rings. The fraction of sp³-hybridized carbons (Fsp3) is 0.176. The van der Waals surface area contributed by atoms with E-state index >= 15 is 0 Å². The standard InChI is InChI=1S/C17H15F2N5O2S/c1-9-6-10(2)21-16(20-9)24-17-23-13(8-27-17)14(25)22-11-4-3-5-12(7-11)26-15(18)19/h3-8,15H,1-2H3,(H,22,25)(H,20,21,23,24). The highest BCUT2D eigenvalue weighted by molar-refractivity contribution is 7.14. The molecule has 140 valence electrons. The van der Waals surface area contributed by atoms with Crippen molar-refractivity contribution in [3.63, 3.8) is 0 Å². The molecule has 0 radical (unpaired) electrons. The Morgan fingerprint density at radius 1 is 1.15 bits per heavy atom. The molecule has 0 spiro atoms. The van der Waals surface area contributed by atoms with Gasteiger partial charge in [-0.2, -0.15) is 8.78 Å². The van der Waals surface area contributed by atoms with Crippen LogP contribution in [0.5, 0.6) is 5.75 Å². The van der Waals surface area contributed by atoms with Gasteiger partial charge in [-0.15, -0.1) is 11.3 Å². The summed E-state index contributed by atoms with van der Waals surface area (Å²) in [6, 6.07) is 7.58. The van der Waals surface area contributed by atoms with Gasteiger partial charge in [0.05, 0.1) is 0 Å². The Bertz CT molecular complexity index is 944. The zero-order valence-corrected chi connectivity index (χ0v) is 15.2. The Morgan fingerprint density at radius 2 is 1.89 bits per heavy atom. The average Bonchev–Trinajstić information content (AvgIpc) is 3.02. The van der Waals surface area contributed by atoms with Crippen molar-refractivity contribution in [2.45, 2.75) is 20.5 Å². The van der Waals surface area contributed by atoms with E-state index in [1.165, 1.54) is 29.5 Å². The molecule has 0 aliphatic carbocycles. The molecule has 1 amide bonds. The van der Waals surface area contributed by atoms with E-state index < -0.39 is 12.5 Å². The predicted octanol–water partition coefficient (Wildman–Crippen LogP) is 4.15. The van der Waals surface area contributed by atoms with Crippen LogP contribution in [0.3, 0.4) is 0 Å². The molecule has 0 saturated carbocycles. The number of hydrogen-bond acceptors (Lipinski definition) is 7. The lowest BCUT2D eigenvalue weighted by atomic mass is 10.3. The molecule has 2 heterocycles. The largest absolute Gasteiger partial charge is 0.435 e. The van der Waals surface area contributed by atoms with Gasteiger partial charge in [-0.3, -0.25) is 4.79 Å². The molecule has 3 rings (SSSR count). The van der Waals surface area contributed by atoms with Crippen LogP contribution >= 0.6 is 11.3 Å². The highest BCUT2D eigenvalue weighted by Gasteiger charge is 2.13. The number of carbonyl (C=O) groups is 1. The molecule has 0 bridgehead atoms. The van der Waals surface area contributed by atoms with E-state index in [-0.39, 0.29) is 11.4 Å². The van der Waals surface area contributed by atoms with Gasteiger partial charge >= 0.3 is 6.61 Å². The van der Waals surface area contributed by atoms with Gasteiger partial charge in [-0.25, -0.2) is 15.0 Å². The fourth-order valence-electron chi connectivity index (χ4n) is 2.26. The van der Waals surface area contributed by atoms with Gasteiger partial charge in [0, 0.05) is 28.5 Å². The summed E-state index contributed by atoms with van der Waals surface area (Å²) in [6.45, 7) is 0.773. The number of thiazole rings is 1. The van der Waals surface area contributed by atoms with Crippen LogP contribution in [-0.2, 0) is 0 Å². The van der Waals surface area contributed by atoms with Crippen LogP contribution < -0.4 is 15.4 Å². The maximum atomic E-state index is 12.3. The Hall–Kier alpha value is -3.14. The molecule has 1 aromatic carbocycles. The zero-order valence-electron chi connectivity index (χ0n) is 14.4. The van der Waals surface area contributed by atoms with Crippen molar-refractivity contribution in [1.82, 2.24) is 15.0 Å². The van der Waals surface area contributed by atoms with Crippen LogP contribution in [0.2, 0.25) is 0 Å². The first-order chi connectivity index (χ1) is 12.9.